The van der Waals surface area contributed by atoms with Gasteiger partial charge in [0.15, 0.2) is 0 Å². The van der Waals surface area contributed by atoms with Crippen LogP contribution in [-0.4, -0.2) is 17.0 Å². The lowest BCUT2D eigenvalue weighted by Crippen LogP contribution is -2.16. The molecule has 5 nitrogen and oxygen atoms in total. The maximum absolute atomic E-state index is 12.1. The Bertz CT molecular complexity index is 686. The van der Waals surface area contributed by atoms with Crippen LogP contribution >= 0.6 is 11.6 Å². The molecule has 0 heterocycles. The highest BCUT2D eigenvalue weighted by Gasteiger charge is 2.14. The number of halogens is 1. The van der Waals surface area contributed by atoms with Crippen molar-refractivity contribution >= 4 is 34.9 Å². The first-order valence-corrected chi connectivity index (χ1v) is 6.05. The molecule has 0 bridgehead atoms. The standard InChI is InChI=1S/C14H11ClN2O3/c15-8-5-6-9(11(16)7-8)13(18)17-12-4-2-1-3-10(12)14(19)20/h1-7H,16H2,(H,17,18)(H,19,20). The van der Waals surface area contributed by atoms with E-state index < -0.39 is 11.9 Å². The molecule has 2 aromatic rings. The van der Waals surface area contributed by atoms with Gasteiger partial charge in [0.1, 0.15) is 0 Å². The van der Waals surface area contributed by atoms with Crippen molar-refractivity contribution in [2.75, 3.05) is 11.1 Å². The van der Waals surface area contributed by atoms with Crippen LogP contribution in [-0.2, 0) is 0 Å². The summed E-state index contributed by atoms with van der Waals surface area (Å²) in [7, 11) is 0. The number of nitrogens with two attached hydrogens (primary N) is 1. The second-order valence-electron chi connectivity index (χ2n) is 4.04. The van der Waals surface area contributed by atoms with E-state index >= 15 is 0 Å². The van der Waals surface area contributed by atoms with Crippen LogP contribution < -0.4 is 11.1 Å². The number of carbonyl (C=O) groups excluding carboxylic acids is 1. The molecule has 20 heavy (non-hydrogen) atoms. The lowest BCUT2D eigenvalue weighted by atomic mass is 10.1. The molecule has 0 radical (unpaired) electrons. The second-order valence-corrected chi connectivity index (χ2v) is 4.47. The summed E-state index contributed by atoms with van der Waals surface area (Å²) in [5.74, 6) is -1.61. The Hall–Kier alpha value is -2.53. The van der Waals surface area contributed by atoms with Crippen molar-refractivity contribution < 1.29 is 14.7 Å². The SMILES string of the molecule is Nc1cc(Cl)ccc1C(=O)Nc1ccccc1C(=O)O. The van der Waals surface area contributed by atoms with E-state index in [2.05, 4.69) is 5.32 Å². The predicted molar refractivity (Wildman–Crippen MR) is 77.2 cm³/mol. The molecule has 0 atom stereocenters. The number of nitrogens with one attached hydrogen (secondary N) is 1. The fourth-order valence-corrected chi connectivity index (χ4v) is 1.89. The number of aromatic carboxylic acids is 1. The quantitative estimate of drug-likeness (QED) is 0.758. The molecule has 2 aromatic carbocycles. The van der Waals surface area contributed by atoms with E-state index in [0.29, 0.717) is 5.02 Å². The summed E-state index contributed by atoms with van der Waals surface area (Å²) in [6, 6.07) is 10.6. The molecular weight excluding hydrogens is 280 g/mol. The Morgan fingerprint density at radius 1 is 1.10 bits per heavy atom. The van der Waals surface area contributed by atoms with Crippen LogP contribution in [0.3, 0.4) is 0 Å². The highest BCUT2D eigenvalue weighted by molar-refractivity contribution is 6.31. The number of hydrogen-bond acceptors (Lipinski definition) is 3. The number of carbonyl (C=O) groups is 2. The van der Waals surface area contributed by atoms with Gasteiger partial charge in [-0.3, -0.25) is 4.79 Å². The molecule has 0 aromatic heterocycles. The van der Waals surface area contributed by atoms with Crippen molar-refractivity contribution in [2.24, 2.45) is 0 Å². The van der Waals surface area contributed by atoms with Crippen molar-refractivity contribution in [1.82, 2.24) is 0 Å². The minimum atomic E-state index is -1.12. The average molecular weight is 291 g/mol. The van der Waals surface area contributed by atoms with Crippen LogP contribution in [0.1, 0.15) is 20.7 Å². The Morgan fingerprint density at radius 3 is 2.45 bits per heavy atom. The van der Waals surface area contributed by atoms with E-state index in [4.69, 9.17) is 22.4 Å². The number of carboxylic acid groups (broad SMARTS) is 1. The summed E-state index contributed by atoms with van der Waals surface area (Å²) in [4.78, 5) is 23.2. The minimum Gasteiger partial charge on any atom is -0.478 e. The van der Waals surface area contributed by atoms with Gasteiger partial charge < -0.3 is 16.2 Å². The summed E-state index contributed by atoms with van der Waals surface area (Å²) in [6.07, 6.45) is 0. The first-order chi connectivity index (χ1) is 9.49. The third kappa shape index (κ3) is 2.89. The summed E-state index contributed by atoms with van der Waals surface area (Å²) >= 11 is 5.76. The van der Waals surface area contributed by atoms with Gasteiger partial charge in [-0.2, -0.15) is 0 Å². The van der Waals surface area contributed by atoms with E-state index in [1.54, 1.807) is 12.1 Å². The number of hydrogen-bond donors (Lipinski definition) is 3. The first-order valence-electron chi connectivity index (χ1n) is 5.67. The smallest absolute Gasteiger partial charge is 0.337 e. The van der Waals surface area contributed by atoms with E-state index in [-0.39, 0.29) is 22.5 Å². The van der Waals surface area contributed by atoms with Crippen LogP contribution in [0.2, 0.25) is 5.02 Å². The van der Waals surface area contributed by atoms with E-state index in [1.165, 1.54) is 30.3 Å². The zero-order chi connectivity index (χ0) is 14.7. The summed E-state index contributed by atoms with van der Waals surface area (Å²) in [5, 5.41) is 12.0. The molecule has 0 unspecified atom stereocenters. The number of nitrogen functional groups attached to an aromatic ring is 1. The van der Waals surface area contributed by atoms with Gasteiger partial charge in [0.2, 0.25) is 0 Å². The van der Waals surface area contributed by atoms with E-state index in [1.807, 2.05) is 0 Å². The van der Waals surface area contributed by atoms with Gasteiger partial charge >= 0.3 is 5.97 Å². The van der Waals surface area contributed by atoms with Gasteiger partial charge in [-0.25, -0.2) is 4.79 Å². The Labute approximate surface area is 120 Å². The van der Waals surface area contributed by atoms with Gasteiger partial charge in [-0.1, -0.05) is 23.7 Å². The fourth-order valence-electron chi connectivity index (χ4n) is 1.71. The zero-order valence-corrected chi connectivity index (χ0v) is 11.0. The molecule has 2 rings (SSSR count). The molecule has 0 saturated heterocycles. The van der Waals surface area contributed by atoms with Crippen molar-refractivity contribution in [3.8, 4) is 0 Å². The van der Waals surface area contributed by atoms with Gasteiger partial charge in [0.25, 0.3) is 5.91 Å². The van der Waals surface area contributed by atoms with Gasteiger partial charge in [-0.05, 0) is 30.3 Å². The van der Waals surface area contributed by atoms with Crippen LogP contribution in [0.4, 0.5) is 11.4 Å². The van der Waals surface area contributed by atoms with Crippen molar-refractivity contribution in [3.63, 3.8) is 0 Å². The van der Waals surface area contributed by atoms with E-state index in [0.717, 1.165) is 0 Å². The Kier molecular flexibility index (Phi) is 3.91. The lowest BCUT2D eigenvalue weighted by Gasteiger charge is -2.10. The molecule has 6 heteroatoms. The van der Waals surface area contributed by atoms with Crippen molar-refractivity contribution in [1.29, 1.82) is 0 Å². The number of para-hydroxylation sites is 1. The van der Waals surface area contributed by atoms with Gasteiger partial charge in [-0.15, -0.1) is 0 Å². The largest absolute Gasteiger partial charge is 0.478 e. The monoisotopic (exact) mass is 290 g/mol. The van der Waals surface area contributed by atoms with Gasteiger partial charge in [0, 0.05) is 10.7 Å². The van der Waals surface area contributed by atoms with Crippen LogP contribution in [0.15, 0.2) is 42.5 Å². The van der Waals surface area contributed by atoms with E-state index in [9.17, 15) is 9.59 Å². The Balaban J connectivity index is 2.30. The normalized spacial score (nSPS) is 10.1. The molecule has 0 aliphatic heterocycles. The molecule has 0 aliphatic carbocycles. The van der Waals surface area contributed by atoms with Crippen LogP contribution in [0.25, 0.3) is 0 Å². The molecule has 4 N–H and O–H groups in total. The number of anilines is 2. The minimum absolute atomic E-state index is 0.00776. The molecule has 102 valence electrons. The highest BCUT2D eigenvalue weighted by Crippen LogP contribution is 2.21. The summed E-state index contributed by atoms with van der Waals surface area (Å²) in [6.45, 7) is 0. The lowest BCUT2D eigenvalue weighted by molar-refractivity contribution is 0.0698. The number of amides is 1. The Morgan fingerprint density at radius 2 is 1.80 bits per heavy atom. The molecular formula is C14H11ClN2O3. The topological polar surface area (TPSA) is 92.4 Å². The summed E-state index contributed by atoms with van der Waals surface area (Å²) in [5.41, 5.74) is 6.38. The maximum Gasteiger partial charge on any atom is 0.337 e. The first kappa shape index (κ1) is 13.9. The molecule has 0 saturated carbocycles. The number of benzene rings is 2. The third-order valence-corrected chi connectivity index (χ3v) is 2.90. The van der Waals surface area contributed by atoms with Crippen molar-refractivity contribution in [3.05, 3.63) is 58.6 Å². The predicted octanol–water partition coefficient (Wildman–Crippen LogP) is 2.87. The molecule has 0 spiro atoms. The van der Waals surface area contributed by atoms with Crippen molar-refractivity contribution in [2.45, 2.75) is 0 Å². The third-order valence-electron chi connectivity index (χ3n) is 2.66. The van der Waals surface area contributed by atoms with Gasteiger partial charge in [0.05, 0.1) is 16.8 Å². The summed E-state index contributed by atoms with van der Waals surface area (Å²) < 4.78 is 0. The molecule has 0 aliphatic rings. The van der Waals surface area contributed by atoms with Crippen LogP contribution in [0.5, 0.6) is 0 Å². The van der Waals surface area contributed by atoms with Crippen LogP contribution in [0, 0.1) is 0 Å². The number of carboxylic acids is 1. The second kappa shape index (κ2) is 5.63. The zero-order valence-electron chi connectivity index (χ0n) is 10.3. The number of rotatable bonds is 3. The maximum atomic E-state index is 12.1. The average Bonchev–Trinajstić information content (AvgIpc) is 2.38. The molecule has 1 amide bonds. The molecule has 0 fully saturated rings. The fraction of sp³-hybridized carbons (Fsp3) is 0. The highest BCUT2D eigenvalue weighted by atomic mass is 35.5.